The molecule has 0 saturated carbocycles. The maximum absolute atomic E-state index is 6.19. The lowest BCUT2D eigenvalue weighted by atomic mass is 10.1. The van der Waals surface area contributed by atoms with Gasteiger partial charge in [-0.3, -0.25) is 0 Å². The van der Waals surface area contributed by atoms with Gasteiger partial charge in [0.2, 0.25) is 0 Å². The Labute approximate surface area is 117 Å². The second-order valence-electron chi connectivity index (χ2n) is 4.42. The summed E-state index contributed by atoms with van der Waals surface area (Å²) in [5.74, 6) is 0. The average molecular weight is 281 g/mol. The molecule has 4 heteroatoms. The molecule has 0 aliphatic carbocycles. The summed E-state index contributed by atoms with van der Waals surface area (Å²) in [5.41, 5.74) is 3.36. The molecule has 1 atom stereocenters. The lowest BCUT2D eigenvalue weighted by Gasteiger charge is -2.14. The molecule has 2 aromatic rings. The molecule has 0 bridgehead atoms. The van der Waals surface area contributed by atoms with Gasteiger partial charge in [0, 0.05) is 9.90 Å². The van der Waals surface area contributed by atoms with E-state index in [-0.39, 0.29) is 6.04 Å². The minimum Gasteiger partial charge on any atom is -0.307 e. The van der Waals surface area contributed by atoms with Crippen molar-refractivity contribution < 1.29 is 0 Å². The predicted molar refractivity (Wildman–Crippen MR) is 78.7 cm³/mol. The average Bonchev–Trinajstić information content (AvgIpc) is 2.65. The highest BCUT2D eigenvalue weighted by Crippen LogP contribution is 2.29. The predicted octanol–water partition coefficient (Wildman–Crippen LogP) is 4.03. The lowest BCUT2D eigenvalue weighted by Crippen LogP contribution is -2.17. The Kier molecular flexibility index (Phi) is 4.05. The third kappa shape index (κ3) is 2.58. The number of halogens is 1. The number of thiazole rings is 1. The highest BCUT2D eigenvalue weighted by molar-refractivity contribution is 7.11. The number of nitrogens with zero attached hydrogens (tertiary/aromatic N) is 1. The zero-order chi connectivity index (χ0) is 13.3. The van der Waals surface area contributed by atoms with Crippen LogP contribution in [0.3, 0.4) is 0 Å². The van der Waals surface area contributed by atoms with Crippen LogP contribution < -0.4 is 5.32 Å². The van der Waals surface area contributed by atoms with Gasteiger partial charge < -0.3 is 5.32 Å². The molecular formula is C14H17ClN2S. The topological polar surface area (TPSA) is 24.9 Å². The van der Waals surface area contributed by atoms with Gasteiger partial charge in [0.1, 0.15) is 5.01 Å². The van der Waals surface area contributed by atoms with E-state index in [1.165, 1.54) is 4.88 Å². The van der Waals surface area contributed by atoms with Gasteiger partial charge >= 0.3 is 0 Å². The highest BCUT2D eigenvalue weighted by Gasteiger charge is 2.17. The van der Waals surface area contributed by atoms with Crippen LogP contribution in [0.1, 0.15) is 32.7 Å². The summed E-state index contributed by atoms with van der Waals surface area (Å²) < 4.78 is 0. The molecule has 18 heavy (non-hydrogen) atoms. The van der Waals surface area contributed by atoms with Crippen LogP contribution in [0, 0.1) is 20.8 Å². The van der Waals surface area contributed by atoms with Crippen molar-refractivity contribution >= 4 is 22.9 Å². The molecule has 1 N–H and O–H groups in total. The number of nitrogens with one attached hydrogen (secondary N) is 1. The van der Waals surface area contributed by atoms with Crippen molar-refractivity contribution in [3.63, 3.8) is 0 Å². The molecule has 1 aromatic carbocycles. The number of rotatable bonds is 3. The molecule has 2 nitrogen and oxygen atoms in total. The van der Waals surface area contributed by atoms with Crippen LogP contribution in [0.5, 0.6) is 0 Å². The van der Waals surface area contributed by atoms with Crippen LogP contribution in [0.25, 0.3) is 0 Å². The molecule has 1 aromatic heterocycles. The van der Waals surface area contributed by atoms with Gasteiger partial charge in [-0.25, -0.2) is 4.98 Å². The van der Waals surface area contributed by atoms with E-state index in [2.05, 4.69) is 29.4 Å². The zero-order valence-electron chi connectivity index (χ0n) is 11.0. The fraction of sp³-hybridized carbons (Fsp3) is 0.357. The number of hydrogen-bond acceptors (Lipinski definition) is 3. The minimum atomic E-state index is 0.112. The Bertz CT molecular complexity index is 543. The quantitative estimate of drug-likeness (QED) is 0.918. The molecule has 96 valence electrons. The second kappa shape index (κ2) is 5.39. The van der Waals surface area contributed by atoms with Crippen molar-refractivity contribution in [2.24, 2.45) is 0 Å². The number of aryl methyl sites for hydroxylation is 3. The molecule has 1 heterocycles. The van der Waals surface area contributed by atoms with Crippen LogP contribution in [0.15, 0.2) is 18.2 Å². The Hall–Kier alpha value is -0.900. The Morgan fingerprint density at radius 2 is 2.00 bits per heavy atom. The smallest absolute Gasteiger partial charge is 0.115 e. The van der Waals surface area contributed by atoms with Crippen molar-refractivity contribution in [3.05, 3.63) is 49.9 Å². The molecule has 0 saturated heterocycles. The molecule has 2 rings (SSSR count). The number of hydrogen-bond donors (Lipinski definition) is 1. The molecule has 1 unspecified atom stereocenters. The van der Waals surface area contributed by atoms with Gasteiger partial charge in [-0.2, -0.15) is 0 Å². The third-order valence-corrected chi connectivity index (χ3v) is 4.65. The second-order valence-corrected chi connectivity index (χ2v) is 6.07. The van der Waals surface area contributed by atoms with Crippen molar-refractivity contribution in [1.82, 2.24) is 10.3 Å². The summed E-state index contributed by atoms with van der Waals surface area (Å²) >= 11 is 7.93. The third-order valence-electron chi connectivity index (χ3n) is 3.11. The fourth-order valence-corrected chi connectivity index (χ4v) is 3.09. The first kappa shape index (κ1) is 13.5. The first-order valence-corrected chi connectivity index (χ1v) is 7.09. The molecular weight excluding hydrogens is 264 g/mol. The van der Waals surface area contributed by atoms with Gasteiger partial charge in [-0.15, -0.1) is 11.3 Å². The number of aromatic nitrogens is 1. The first-order valence-electron chi connectivity index (χ1n) is 5.90. The summed E-state index contributed by atoms with van der Waals surface area (Å²) in [5, 5.41) is 5.20. The Balaban J connectivity index is 2.41. The maximum Gasteiger partial charge on any atom is 0.115 e. The van der Waals surface area contributed by atoms with E-state index < -0.39 is 0 Å². The first-order chi connectivity index (χ1) is 8.52. The van der Waals surface area contributed by atoms with Gasteiger partial charge in [0.25, 0.3) is 0 Å². The summed E-state index contributed by atoms with van der Waals surface area (Å²) in [7, 11) is 1.95. The summed E-state index contributed by atoms with van der Waals surface area (Å²) in [4.78, 5) is 5.89. The molecule has 0 aliphatic rings. The largest absolute Gasteiger partial charge is 0.307 e. The van der Waals surface area contributed by atoms with Crippen LogP contribution in [0.2, 0.25) is 5.02 Å². The fourth-order valence-electron chi connectivity index (χ4n) is 1.84. The number of benzene rings is 1. The normalized spacial score (nSPS) is 12.7. The van der Waals surface area contributed by atoms with Crippen LogP contribution in [-0.4, -0.2) is 12.0 Å². The Morgan fingerprint density at radius 3 is 2.50 bits per heavy atom. The van der Waals surface area contributed by atoms with E-state index in [0.29, 0.717) is 0 Å². The highest BCUT2D eigenvalue weighted by atomic mass is 35.5. The van der Waals surface area contributed by atoms with Crippen molar-refractivity contribution in [3.8, 4) is 0 Å². The van der Waals surface area contributed by atoms with Gasteiger partial charge in [0.15, 0.2) is 0 Å². The van der Waals surface area contributed by atoms with Crippen LogP contribution in [0.4, 0.5) is 0 Å². The Morgan fingerprint density at radius 1 is 1.28 bits per heavy atom. The molecule has 0 radical (unpaired) electrons. The maximum atomic E-state index is 6.19. The van der Waals surface area contributed by atoms with E-state index in [0.717, 1.165) is 26.9 Å². The summed E-state index contributed by atoms with van der Waals surface area (Å²) in [6.45, 7) is 6.16. The standard InChI is InChI=1S/C14H17ClN2S/c1-8-5-6-11(7-12(8)15)13(16-4)14-17-9(2)10(3)18-14/h5-7,13,16H,1-4H3. The molecule has 0 amide bonds. The van der Waals surface area contributed by atoms with Gasteiger partial charge in [-0.1, -0.05) is 23.7 Å². The van der Waals surface area contributed by atoms with E-state index in [4.69, 9.17) is 11.6 Å². The molecule has 0 fully saturated rings. The molecule has 0 aliphatic heterocycles. The summed E-state index contributed by atoms with van der Waals surface area (Å²) in [6.07, 6.45) is 0. The van der Waals surface area contributed by atoms with Gasteiger partial charge in [0.05, 0.1) is 11.7 Å². The van der Waals surface area contributed by atoms with Crippen molar-refractivity contribution in [1.29, 1.82) is 0 Å². The van der Waals surface area contributed by atoms with Gasteiger partial charge in [-0.05, 0) is 45.0 Å². The van der Waals surface area contributed by atoms with E-state index in [1.54, 1.807) is 11.3 Å². The lowest BCUT2D eigenvalue weighted by molar-refractivity contribution is 0.684. The van der Waals surface area contributed by atoms with E-state index >= 15 is 0 Å². The SMILES string of the molecule is CNC(c1ccc(C)c(Cl)c1)c1nc(C)c(C)s1. The van der Waals surface area contributed by atoms with Crippen molar-refractivity contribution in [2.75, 3.05) is 7.05 Å². The zero-order valence-corrected chi connectivity index (χ0v) is 12.6. The van der Waals surface area contributed by atoms with E-state index in [9.17, 15) is 0 Å². The minimum absolute atomic E-state index is 0.112. The van der Waals surface area contributed by atoms with Crippen LogP contribution in [-0.2, 0) is 0 Å². The monoisotopic (exact) mass is 280 g/mol. The van der Waals surface area contributed by atoms with Crippen LogP contribution >= 0.6 is 22.9 Å². The van der Waals surface area contributed by atoms with E-state index in [1.807, 2.05) is 27.0 Å². The molecule has 0 spiro atoms. The van der Waals surface area contributed by atoms with Crippen molar-refractivity contribution in [2.45, 2.75) is 26.8 Å². The summed E-state index contributed by atoms with van der Waals surface area (Å²) in [6, 6.07) is 6.29.